The topological polar surface area (TPSA) is 46.3 Å². The molecule has 2 rings (SSSR count). The molecule has 3 nitrogen and oxygen atoms in total. The monoisotopic (exact) mass is 270 g/mol. The highest BCUT2D eigenvalue weighted by Gasteiger charge is 2.17. The molecule has 0 spiro atoms. The standard InChI is InChI=1S/C17H22N2O/c1-13(2)19(11-10-18)17(20)12-15-8-5-7-14-6-3-4-9-16(14)15/h3-9,13H,10-12,18H2,1-2H3. The summed E-state index contributed by atoms with van der Waals surface area (Å²) in [5.41, 5.74) is 6.67. The zero-order valence-electron chi connectivity index (χ0n) is 12.2. The van der Waals surface area contributed by atoms with Crippen molar-refractivity contribution in [1.29, 1.82) is 0 Å². The first-order valence-corrected chi connectivity index (χ1v) is 7.09. The van der Waals surface area contributed by atoms with Gasteiger partial charge in [0.2, 0.25) is 5.91 Å². The number of carbonyl (C=O) groups excluding carboxylic acids is 1. The Balaban J connectivity index is 2.25. The molecule has 0 aliphatic heterocycles. The van der Waals surface area contributed by atoms with Crippen molar-refractivity contribution >= 4 is 16.7 Å². The molecule has 0 aliphatic carbocycles. The fourth-order valence-corrected chi connectivity index (χ4v) is 2.52. The fraction of sp³-hybridized carbons (Fsp3) is 0.353. The van der Waals surface area contributed by atoms with Crippen LogP contribution in [0, 0.1) is 0 Å². The van der Waals surface area contributed by atoms with Gasteiger partial charge in [0, 0.05) is 19.1 Å². The molecule has 20 heavy (non-hydrogen) atoms. The Morgan fingerprint density at radius 2 is 1.85 bits per heavy atom. The largest absolute Gasteiger partial charge is 0.339 e. The van der Waals surface area contributed by atoms with Crippen LogP contribution >= 0.6 is 0 Å². The summed E-state index contributed by atoms with van der Waals surface area (Å²) in [4.78, 5) is 14.3. The van der Waals surface area contributed by atoms with E-state index in [0.29, 0.717) is 19.5 Å². The van der Waals surface area contributed by atoms with Crippen LogP contribution in [0.4, 0.5) is 0 Å². The van der Waals surface area contributed by atoms with Gasteiger partial charge in [-0.25, -0.2) is 0 Å². The molecule has 0 heterocycles. The Morgan fingerprint density at radius 3 is 2.55 bits per heavy atom. The summed E-state index contributed by atoms with van der Waals surface area (Å²) in [7, 11) is 0. The van der Waals surface area contributed by atoms with Crippen molar-refractivity contribution in [3.8, 4) is 0 Å². The summed E-state index contributed by atoms with van der Waals surface area (Å²) in [6, 6.07) is 14.5. The zero-order chi connectivity index (χ0) is 14.5. The first kappa shape index (κ1) is 14.5. The molecule has 3 heteroatoms. The molecule has 2 N–H and O–H groups in total. The average Bonchev–Trinajstić information content (AvgIpc) is 2.44. The van der Waals surface area contributed by atoms with E-state index < -0.39 is 0 Å². The van der Waals surface area contributed by atoms with Crippen molar-refractivity contribution < 1.29 is 4.79 Å². The van der Waals surface area contributed by atoms with Crippen molar-refractivity contribution in [2.75, 3.05) is 13.1 Å². The number of hydrogen-bond donors (Lipinski definition) is 1. The van der Waals surface area contributed by atoms with Crippen LogP contribution in [-0.2, 0) is 11.2 Å². The maximum Gasteiger partial charge on any atom is 0.227 e. The van der Waals surface area contributed by atoms with Crippen LogP contribution in [0.2, 0.25) is 0 Å². The molecule has 0 saturated heterocycles. The van der Waals surface area contributed by atoms with E-state index in [1.165, 1.54) is 5.39 Å². The summed E-state index contributed by atoms with van der Waals surface area (Å²) >= 11 is 0. The molecular weight excluding hydrogens is 248 g/mol. The number of nitrogens with zero attached hydrogens (tertiary/aromatic N) is 1. The van der Waals surface area contributed by atoms with Gasteiger partial charge >= 0.3 is 0 Å². The smallest absolute Gasteiger partial charge is 0.227 e. The van der Waals surface area contributed by atoms with E-state index in [0.717, 1.165) is 10.9 Å². The van der Waals surface area contributed by atoms with E-state index in [2.05, 4.69) is 18.2 Å². The molecule has 0 unspecified atom stereocenters. The molecule has 0 atom stereocenters. The quantitative estimate of drug-likeness (QED) is 0.907. The molecule has 0 fully saturated rings. The molecule has 2 aromatic carbocycles. The second kappa shape index (κ2) is 6.53. The van der Waals surface area contributed by atoms with E-state index in [-0.39, 0.29) is 11.9 Å². The van der Waals surface area contributed by atoms with Gasteiger partial charge in [-0.05, 0) is 30.2 Å². The predicted molar refractivity (Wildman–Crippen MR) is 83.6 cm³/mol. The SMILES string of the molecule is CC(C)N(CCN)C(=O)Cc1cccc2ccccc12. The van der Waals surface area contributed by atoms with E-state index in [4.69, 9.17) is 5.73 Å². The third-order valence-corrected chi connectivity index (χ3v) is 3.54. The summed E-state index contributed by atoms with van der Waals surface area (Å²) in [5.74, 6) is 0.141. The second-order valence-corrected chi connectivity index (χ2v) is 5.28. The molecule has 0 radical (unpaired) electrons. The summed E-state index contributed by atoms with van der Waals surface area (Å²) in [6.45, 7) is 5.16. The number of benzene rings is 2. The van der Waals surface area contributed by atoms with Crippen molar-refractivity contribution in [1.82, 2.24) is 4.90 Å². The van der Waals surface area contributed by atoms with Crippen LogP contribution in [0.1, 0.15) is 19.4 Å². The fourth-order valence-electron chi connectivity index (χ4n) is 2.52. The minimum Gasteiger partial charge on any atom is -0.339 e. The van der Waals surface area contributed by atoms with Gasteiger partial charge in [0.1, 0.15) is 0 Å². The normalized spacial score (nSPS) is 11.0. The summed E-state index contributed by atoms with van der Waals surface area (Å²) < 4.78 is 0. The van der Waals surface area contributed by atoms with Gasteiger partial charge in [-0.2, -0.15) is 0 Å². The number of fused-ring (bicyclic) bond motifs is 1. The Morgan fingerprint density at radius 1 is 1.15 bits per heavy atom. The van der Waals surface area contributed by atoms with Crippen molar-refractivity contribution in [2.24, 2.45) is 5.73 Å². The lowest BCUT2D eigenvalue weighted by atomic mass is 10.0. The van der Waals surface area contributed by atoms with Crippen LogP contribution in [0.3, 0.4) is 0 Å². The first-order valence-electron chi connectivity index (χ1n) is 7.09. The highest BCUT2D eigenvalue weighted by molar-refractivity contribution is 5.90. The zero-order valence-corrected chi connectivity index (χ0v) is 12.2. The second-order valence-electron chi connectivity index (χ2n) is 5.28. The van der Waals surface area contributed by atoms with Gasteiger partial charge in [0.05, 0.1) is 6.42 Å². The predicted octanol–water partition coefficient (Wildman–Crippen LogP) is 2.58. The molecule has 0 saturated carbocycles. The lowest BCUT2D eigenvalue weighted by Gasteiger charge is -2.26. The van der Waals surface area contributed by atoms with Crippen LogP contribution in [-0.4, -0.2) is 29.9 Å². The maximum atomic E-state index is 12.5. The van der Waals surface area contributed by atoms with Crippen LogP contribution in [0.5, 0.6) is 0 Å². The van der Waals surface area contributed by atoms with Crippen molar-refractivity contribution in [3.05, 3.63) is 48.0 Å². The van der Waals surface area contributed by atoms with Crippen LogP contribution < -0.4 is 5.73 Å². The number of rotatable bonds is 5. The molecule has 0 bridgehead atoms. The number of nitrogens with two attached hydrogens (primary N) is 1. The van der Waals surface area contributed by atoms with E-state index in [9.17, 15) is 4.79 Å². The van der Waals surface area contributed by atoms with E-state index in [1.54, 1.807) is 0 Å². The van der Waals surface area contributed by atoms with Gasteiger partial charge in [-0.15, -0.1) is 0 Å². The van der Waals surface area contributed by atoms with Gasteiger partial charge in [-0.3, -0.25) is 4.79 Å². The minimum absolute atomic E-state index is 0.141. The Bertz CT molecular complexity index is 587. The van der Waals surface area contributed by atoms with Gasteiger partial charge in [-0.1, -0.05) is 42.5 Å². The third-order valence-electron chi connectivity index (χ3n) is 3.54. The average molecular weight is 270 g/mol. The number of amides is 1. The molecule has 0 aromatic heterocycles. The maximum absolute atomic E-state index is 12.5. The van der Waals surface area contributed by atoms with Gasteiger partial charge in [0.15, 0.2) is 0 Å². The molecular formula is C17H22N2O. The number of carbonyl (C=O) groups is 1. The van der Waals surface area contributed by atoms with Gasteiger partial charge in [0.25, 0.3) is 0 Å². The molecule has 106 valence electrons. The molecule has 2 aromatic rings. The lowest BCUT2D eigenvalue weighted by Crippen LogP contribution is -2.41. The Kier molecular flexibility index (Phi) is 4.74. The third kappa shape index (κ3) is 3.17. The molecule has 1 amide bonds. The summed E-state index contributed by atoms with van der Waals surface area (Å²) in [6.07, 6.45) is 0.430. The van der Waals surface area contributed by atoms with Crippen molar-refractivity contribution in [3.63, 3.8) is 0 Å². The lowest BCUT2D eigenvalue weighted by molar-refractivity contribution is -0.132. The number of hydrogen-bond acceptors (Lipinski definition) is 2. The highest BCUT2D eigenvalue weighted by Crippen LogP contribution is 2.19. The van der Waals surface area contributed by atoms with Crippen LogP contribution in [0.25, 0.3) is 10.8 Å². The summed E-state index contributed by atoms with van der Waals surface area (Å²) in [5, 5.41) is 2.33. The highest BCUT2D eigenvalue weighted by atomic mass is 16.2. The Hall–Kier alpha value is -1.87. The van der Waals surface area contributed by atoms with Crippen LogP contribution in [0.15, 0.2) is 42.5 Å². The Labute approximate surface area is 120 Å². The van der Waals surface area contributed by atoms with E-state index in [1.807, 2.05) is 43.0 Å². The molecule has 0 aliphatic rings. The van der Waals surface area contributed by atoms with Crippen molar-refractivity contribution in [2.45, 2.75) is 26.3 Å². The van der Waals surface area contributed by atoms with Gasteiger partial charge < -0.3 is 10.6 Å². The minimum atomic E-state index is 0.141. The first-order chi connectivity index (χ1) is 9.63. The van der Waals surface area contributed by atoms with E-state index >= 15 is 0 Å².